The van der Waals surface area contributed by atoms with E-state index in [4.69, 9.17) is 16.2 Å². The third-order valence-electron chi connectivity index (χ3n) is 6.21. The van der Waals surface area contributed by atoms with E-state index in [-0.39, 0.29) is 45.2 Å². The molecule has 0 unspecified atom stereocenters. The van der Waals surface area contributed by atoms with Crippen LogP contribution in [0.2, 0.25) is 0 Å². The number of hydrogen-bond acceptors (Lipinski definition) is 9. The third-order valence-corrected chi connectivity index (χ3v) is 7.06. The van der Waals surface area contributed by atoms with Gasteiger partial charge in [0.1, 0.15) is 16.7 Å². The van der Waals surface area contributed by atoms with E-state index in [1.807, 2.05) is 0 Å². The van der Waals surface area contributed by atoms with Crippen LogP contribution in [-0.2, 0) is 4.79 Å². The number of primary amides is 1. The Bertz CT molecular complexity index is 1340. The molecule has 11 nitrogen and oxygen atoms in total. The van der Waals surface area contributed by atoms with Crippen molar-refractivity contribution >= 4 is 40.6 Å². The summed E-state index contributed by atoms with van der Waals surface area (Å²) in [5.41, 5.74) is 11.5. The number of nitrogens with one attached hydrogen (secondary N) is 1. The second-order valence-electron chi connectivity index (χ2n) is 8.66. The molecule has 3 amide bonds. The smallest absolute Gasteiger partial charge is 0.273 e. The minimum atomic E-state index is -1.26. The van der Waals surface area contributed by atoms with Crippen LogP contribution in [0, 0.1) is 0 Å². The number of hydrogen-bond donors (Lipinski definition) is 5. The lowest BCUT2D eigenvalue weighted by molar-refractivity contribution is -0.123. The Labute approximate surface area is 216 Å². The average molecular weight is 526 g/mol. The number of phenolic OH excluding ortho intramolecular Hbond substituents is 2. The largest absolute Gasteiger partial charge is 0.508 e. The predicted octanol–water partition coefficient (Wildman–Crippen LogP) is 2.69. The Morgan fingerprint density at radius 3 is 2.51 bits per heavy atom. The molecule has 0 saturated heterocycles. The molecule has 3 aromatic rings. The highest BCUT2D eigenvalue weighted by Gasteiger charge is 2.37. The van der Waals surface area contributed by atoms with E-state index in [2.05, 4.69) is 9.69 Å². The molecule has 0 bridgehead atoms. The van der Waals surface area contributed by atoms with Crippen molar-refractivity contribution in [2.45, 2.75) is 37.8 Å². The number of anilines is 2. The normalized spacial score (nSPS) is 14.2. The zero-order valence-corrected chi connectivity index (χ0v) is 20.8. The molecular weight excluding hydrogens is 498 g/mol. The monoisotopic (exact) mass is 525 g/mol. The summed E-state index contributed by atoms with van der Waals surface area (Å²) in [7, 11) is 1.37. The summed E-state index contributed by atoms with van der Waals surface area (Å²) in [4.78, 5) is 40.6. The van der Waals surface area contributed by atoms with E-state index in [0.717, 1.165) is 25.7 Å². The van der Waals surface area contributed by atoms with Crippen LogP contribution in [-0.4, -0.2) is 45.5 Å². The van der Waals surface area contributed by atoms with Crippen molar-refractivity contribution in [2.24, 2.45) is 5.73 Å². The summed E-state index contributed by atoms with van der Waals surface area (Å²) in [6.07, 6.45) is 3.57. The standard InChI is InChI=1S/C25H27N5O6S/c1-36-18-11-13(9-10-17(18)32)21(24(34)28-14-5-2-3-6-14)30(15-7-4-8-16(31)12-15)25(35)22-19(26)20(23(27)33)29-37-22/h4,7-12,14,21,31-32H,2-3,5-6,26H2,1H3,(H2,27,33)(H,28,34)/t21-/m0/s1. The van der Waals surface area contributed by atoms with Gasteiger partial charge in [-0.25, -0.2) is 0 Å². The van der Waals surface area contributed by atoms with E-state index >= 15 is 0 Å². The molecule has 0 spiro atoms. The van der Waals surface area contributed by atoms with Gasteiger partial charge < -0.3 is 31.7 Å². The third kappa shape index (κ3) is 5.28. The lowest BCUT2D eigenvalue weighted by Crippen LogP contribution is -2.46. The number of aromatic hydroxyl groups is 2. The number of nitrogens with two attached hydrogens (primary N) is 2. The summed E-state index contributed by atoms with van der Waals surface area (Å²) in [5.74, 6) is -2.28. The maximum Gasteiger partial charge on any atom is 0.273 e. The van der Waals surface area contributed by atoms with Gasteiger partial charge in [-0.15, -0.1) is 0 Å². The summed E-state index contributed by atoms with van der Waals surface area (Å²) in [6, 6.07) is 8.84. The van der Waals surface area contributed by atoms with Gasteiger partial charge in [0.05, 0.1) is 12.8 Å². The summed E-state index contributed by atoms with van der Waals surface area (Å²) in [5, 5.41) is 23.4. The van der Waals surface area contributed by atoms with Gasteiger partial charge in [-0.1, -0.05) is 25.0 Å². The second-order valence-corrected chi connectivity index (χ2v) is 9.43. The first-order chi connectivity index (χ1) is 17.7. The fraction of sp³-hybridized carbons (Fsp3) is 0.280. The minimum absolute atomic E-state index is 0.0647. The lowest BCUT2D eigenvalue weighted by atomic mass is 10.0. The van der Waals surface area contributed by atoms with Crippen molar-refractivity contribution in [2.75, 3.05) is 17.7 Å². The van der Waals surface area contributed by atoms with Crippen molar-refractivity contribution in [1.82, 2.24) is 9.69 Å². The highest BCUT2D eigenvalue weighted by Crippen LogP contribution is 2.37. The first kappa shape index (κ1) is 25.8. The van der Waals surface area contributed by atoms with Gasteiger partial charge >= 0.3 is 0 Å². The van der Waals surface area contributed by atoms with Crippen LogP contribution in [0.1, 0.15) is 57.4 Å². The molecule has 1 aliphatic carbocycles. The first-order valence-electron chi connectivity index (χ1n) is 11.6. The van der Waals surface area contributed by atoms with Crippen LogP contribution in [0.3, 0.4) is 0 Å². The maximum atomic E-state index is 14.0. The Morgan fingerprint density at radius 1 is 1.16 bits per heavy atom. The number of phenols is 2. The number of benzene rings is 2. The van der Waals surface area contributed by atoms with E-state index in [1.165, 1.54) is 48.4 Å². The molecule has 1 saturated carbocycles. The van der Waals surface area contributed by atoms with Gasteiger partial charge in [0, 0.05) is 17.8 Å². The van der Waals surface area contributed by atoms with Crippen LogP contribution in [0.25, 0.3) is 0 Å². The summed E-state index contributed by atoms with van der Waals surface area (Å²) >= 11 is 0.681. The van der Waals surface area contributed by atoms with Gasteiger partial charge in [-0.3, -0.25) is 19.3 Å². The minimum Gasteiger partial charge on any atom is -0.508 e. The van der Waals surface area contributed by atoms with Crippen LogP contribution >= 0.6 is 11.5 Å². The van der Waals surface area contributed by atoms with Gasteiger partial charge in [0.2, 0.25) is 5.91 Å². The number of ether oxygens (including phenoxy) is 1. The first-order valence-corrected chi connectivity index (χ1v) is 12.3. The Balaban J connectivity index is 1.89. The van der Waals surface area contributed by atoms with Crippen LogP contribution in [0.4, 0.5) is 11.4 Å². The van der Waals surface area contributed by atoms with Gasteiger partial charge in [-0.2, -0.15) is 4.37 Å². The van der Waals surface area contributed by atoms with Crippen LogP contribution in [0.5, 0.6) is 17.2 Å². The molecule has 1 heterocycles. The Morgan fingerprint density at radius 2 is 1.89 bits per heavy atom. The maximum absolute atomic E-state index is 14.0. The van der Waals surface area contributed by atoms with Crippen LogP contribution < -0.4 is 26.4 Å². The number of carbonyl (C=O) groups is 3. The fourth-order valence-electron chi connectivity index (χ4n) is 4.40. The fourth-order valence-corrected chi connectivity index (χ4v) is 5.14. The highest BCUT2D eigenvalue weighted by atomic mass is 32.1. The van der Waals surface area contributed by atoms with Crippen LogP contribution in [0.15, 0.2) is 42.5 Å². The molecule has 1 aliphatic rings. The van der Waals surface area contributed by atoms with Crippen molar-refractivity contribution in [3.63, 3.8) is 0 Å². The molecule has 4 rings (SSSR count). The quantitative estimate of drug-likeness (QED) is 0.297. The molecule has 0 radical (unpaired) electrons. The molecule has 37 heavy (non-hydrogen) atoms. The molecule has 7 N–H and O–H groups in total. The number of methoxy groups -OCH3 is 1. The molecule has 1 fully saturated rings. The Kier molecular flexibility index (Phi) is 7.48. The molecule has 1 aromatic heterocycles. The lowest BCUT2D eigenvalue weighted by Gasteiger charge is -2.32. The van der Waals surface area contributed by atoms with Crippen molar-refractivity contribution < 1.29 is 29.3 Å². The van der Waals surface area contributed by atoms with E-state index in [0.29, 0.717) is 17.1 Å². The van der Waals surface area contributed by atoms with E-state index in [9.17, 15) is 24.6 Å². The number of amides is 3. The molecule has 0 aliphatic heterocycles. The van der Waals surface area contributed by atoms with Gasteiger partial charge in [0.25, 0.3) is 11.8 Å². The zero-order chi connectivity index (χ0) is 26.7. The molecule has 2 aromatic carbocycles. The predicted molar refractivity (Wildman–Crippen MR) is 138 cm³/mol. The molecule has 194 valence electrons. The van der Waals surface area contributed by atoms with Gasteiger partial charge in [-0.05, 0) is 54.2 Å². The molecular formula is C25H27N5O6S. The average Bonchev–Trinajstić information content (AvgIpc) is 3.52. The van der Waals surface area contributed by atoms with Crippen molar-refractivity contribution in [3.8, 4) is 17.2 Å². The van der Waals surface area contributed by atoms with Gasteiger partial charge in [0.15, 0.2) is 17.2 Å². The van der Waals surface area contributed by atoms with E-state index in [1.54, 1.807) is 6.07 Å². The second kappa shape index (κ2) is 10.7. The topological polar surface area (TPSA) is 181 Å². The highest BCUT2D eigenvalue weighted by molar-refractivity contribution is 7.09. The number of nitrogens with zero attached hydrogens (tertiary/aromatic N) is 2. The summed E-state index contributed by atoms with van der Waals surface area (Å²) in [6.45, 7) is 0. The Hall–Kier alpha value is -4.32. The zero-order valence-electron chi connectivity index (χ0n) is 20.0. The number of carbonyl (C=O) groups excluding carboxylic acids is 3. The number of aromatic nitrogens is 1. The molecule has 1 atom stereocenters. The molecule has 12 heteroatoms. The number of rotatable bonds is 8. The van der Waals surface area contributed by atoms with Crippen molar-refractivity contribution in [3.05, 3.63) is 58.6 Å². The SMILES string of the molecule is COc1cc([C@@H](C(=O)NC2CCCC2)N(C(=O)c2snc(C(N)=O)c2N)c2cccc(O)c2)ccc1O. The summed E-state index contributed by atoms with van der Waals surface area (Å²) < 4.78 is 9.16. The van der Waals surface area contributed by atoms with Crippen molar-refractivity contribution in [1.29, 1.82) is 0 Å². The van der Waals surface area contributed by atoms with E-state index < -0.39 is 23.8 Å². The number of nitrogen functional groups attached to an aromatic ring is 1.